The molecule has 1 aliphatic heterocycles. The highest BCUT2D eigenvalue weighted by molar-refractivity contribution is 7.88. The molecule has 11 nitrogen and oxygen atoms in total. The van der Waals surface area contributed by atoms with Crippen LogP contribution >= 0.6 is 0 Å². The third-order valence-electron chi connectivity index (χ3n) is 5.07. The Morgan fingerprint density at radius 3 is 2.59 bits per heavy atom. The summed E-state index contributed by atoms with van der Waals surface area (Å²) < 4.78 is 33.7. The second kappa shape index (κ2) is 8.15. The third-order valence-corrected chi connectivity index (χ3v) is 6.78. The number of nitrogens with zero attached hydrogens (tertiary/aromatic N) is 5. The zero-order chi connectivity index (χ0) is 22.1. The van der Waals surface area contributed by atoms with Gasteiger partial charge in [0.05, 0.1) is 42.7 Å². The molecular weight excluding hydrogens is 434 g/mol. The lowest BCUT2D eigenvalue weighted by molar-refractivity contribution is 0.0728. The molecule has 0 unspecified atom stereocenters. The predicted molar refractivity (Wildman–Crippen MR) is 116 cm³/mol. The lowest BCUT2D eigenvalue weighted by Gasteiger charge is -2.25. The first kappa shape index (κ1) is 20.3. The molecule has 5 rings (SSSR count). The van der Waals surface area contributed by atoms with E-state index in [9.17, 15) is 13.2 Å². The second-order valence-electron chi connectivity index (χ2n) is 7.09. The number of fused-ring (bicyclic) bond motifs is 1. The normalized spacial score (nSPS) is 15.1. The van der Waals surface area contributed by atoms with E-state index in [1.807, 2.05) is 22.6 Å². The molecule has 0 aliphatic carbocycles. The fourth-order valence-electron chi connectivity index (χ4n) is 3.52. The standard InChI is InChI=1S/C20H19N7O4S/c28-18-11-14(3-4-21-18)17-2-1-16(19-22-5-6-27(17)19)25-15-12-23-20(24-13-15)32(29,30)26-7-9-31-10-8-26/h1-6,11-13,25H,7-10H2,(H,21,28). The Labute approximate surface area is 182 Å². The van der Waals surface area contributed by atoms with Crippen LogP contribution in [0.15, 0.2) is 65.2 Å². The van der Waals surface area contributed by atoms with Crippen molar-refractivity contribution in [2.45, 2.75) is 5.16 Å². The van der Waals surface area contributed by atoms with Crippen LogP contribution in [0.4, 0.5) is 11.4 Å². The fraction of sp³-hybridized carbons (Fsp3) is 0.200. The summed E-state index contributed by atoms with van der Waals surface area (Å²) in [6, 6.07) is 7.02. The number of ether oxygens (including phenoxy) is 1. The number of sulfonamides is 1. The molecule has 0 radical (unpaired) electrons. The summed E-state index contributed by atoms with van der Waals surface area (Å²) in [5, 5.41) is 2.93. The van der Waals surface area contributed by atoms with E-state index in [-0.39, 0.29) is 23.8 Å². The van der Waals surface area contributed by atoms with E-state index in [4.69, 9.17) is 4.74 Å². The van der Waals surface area contributed by atoms with Crippen LogP contribution in [0.3, 0.4) is 0 Å². The Morgan fingerprint density at radius 2 is 1.84 bits per heavy atom. The average molecular weight is 453 g/mol. The number of imidazole rings is 1. The zero-order valence-corrected chi connectivity index (χ0v) is 17.6. The highest BCUT2D eigenvalue weighted by atomic mass is 32.2. The van der Waals surface area contributed by atoms with Crippen molar-refractivity contribution < 1.29 is 13.2 Å². The molecule has 4 aromatic heterocycles. The van der Waals surface area contributed by atoms with Crippen LogP contribution in [0.1, 0.15) is 0 Å². The van der Waals surface area contributed by atoms with E-state index in [0.29, 0.717) is 30.2 Å². The Bertz CT molecular complexity index is 1420. The number of morpholine rings is 1. The summed E-state index contributed by atoms with van der Waals surface area (Å²) in [6.45, 7) is 1.27. The van der Waals surface area contributed by atoms with Crippen molar-refractivity contribution in [3.05, 3.63) is 65.6 Å². The molecule has 164 valence electrons. The largest absolute Gasteiger partial charge is 0.379 e. The summed E-state index contributed by atoms with van der Waals surface area (Å²) in [7, 11) is -3.76. The molecule has 32 heavy (non-hydrogen) atoms. The maximum Gasteiger partial charge on any atom is 0.278 e. The fourth-order valence-corrected chi connectivity index (χ4v) is 4.76. The van der Waals surface area contributed by atoms with E-state index in [0.717, 1.165) is 11.3 Å². The summed E-state index contributed by atoms with van der Waals surface area (Å²) in [4.78, 5) is 26.8. The van der Waals surface area contributed by atoms with Crippen molar-refractivity contribution in [1.82, 2.24) is 28.6 Å². The van der Waals surface area contributed by atoms with Crippen LogP contribution in [-0.2, 0) is 14.8 Å². The van der Waals surface area contributed by atoms with Gasteiger partial charge in [0.25, 0.3) is 15.2 Å². The SMILES string of the molecule is O=c1cc(-c2ccc(Nc3cnc(S(=O)(=O)N4CCOCC4)nc3)c3nccn23)cc[nH]1. The Kier molecular flexibility index (Phi) is 5.17. The van der Waals surface area contributed by atoms with Gasteiger partial charge in [0.1, 0.15) is 0 Å². The van der Waals surface area contributed by atoms with Gasteiger partial charge in [-0.3, -0.25) is 9.20 Å². The molecule has 1 aliphatic rings. The summed E-state index contributed by atoms with van der Waals surface area (Å²) in [5.41, 5.74) is 3.19. The van der Waals surface area contributed by atoms with Gasteiger partial charge in [0.2, 0.25) is 5.56 Å². The Morgan fingerprint density at radius 1 is 1.06 bits per heavy atom. The molecule has 0 amide bonds. The topological polar surface area (TPSA) is 135 Å². The monoisotopic (exact) mass is 453 g/mol. The number of rotatable bonds is 5. The Balaban J connectivity index is 1.42. The maximum absolute atomic E-state index is 12.7. The van der Waals surface area contributed by atoms with Gasteiger partial charge in [-0.1, -0.05) is 0 Å². The van der Waals surface area contributed by atoms with Gasteiger partial charge in [-0.25, -0.2) is 23.4 Å². The molecule has 2 N–H and O–H groups in total. The van der Waals surface area contributed by atoms with E-state index in [1.165, 1.54) is 22.8 Å². The van der Waals surface area contributed by atoms with Crippen LogP contribution < -0.4 is 10.9 Å². The summed E-state index contributed by atoms with van der Waals surface area (Å²) >= 11 is 0. The summed E-state index contributed by atoms with van der Waals surface area (Å²) in [5.74, 6) is 0. The van der Waals surface area contributed by atoms with Crippen molar-refractivity contribution in [1.29, 1.82) is 0 Å². The molecule has 4 aromatic rings. The number of aromatic nitrogens is 5. The van der Waals surface area contributed by atoms with E-state index < -0.39 is 10.0 Å². The van der Waals surface area contributed by atoms with E-state index in [1.54, 1.807) is 18.6 Å². The van der Waals surface area contributed by atoms with Gasteiger partial charge in [-0.2, -0.15) is 4.31 Å². The summed E-state index contributed by atoms with van der Waals surface area (Å²) in [6.07, 6.45) is 7.89. The van der Waals surface area contributed by atoms with Gasteiger partial charge in [0.15, 0.2) is 5.65 Å². The first-order valence-electron chi connectivity index (χ1n) is 9.84. The molecular formula is C20H19N7O4S. The van der Waals surface area contributed by atoms with Gasteiger partial charge in [-0.15, -0.1) is 0 Å². The van der Waals surface area contributed by atoms with Crippen LogP contribution in [0, 0.1) is 0 Å². The van der Waals surface area contributed by atoms with Gasteiger partial charge in [0, 0.05) is 43.3 Å². The van der Waals surface area contributed by atoms with Crippen LogP contribution in [0.25, 0.3) is 16.9 Å². The molecule has 12 heteroatoms. The van der Waals surface area contributed by atoms with Crippen molar-refractivity contribution in [3.63, 3.8) is 0 Å². The molecule has 1 saturated heterocycles. The maximum atomic E-state index is 12.7. The number of pyridine rings is 2. The highest BCUT2D eigenvalue weighted by Crippen LogP contribution is 2.26. The van der Waals surface area contributed by atoms with Crippen LogP contribution in [-0.4, -0.2) is 63.4 Å². The van der Waals surface area contributed by atoms with Crippen molar-refractivity contribution >= 4 is 27.0 Å². The van der Waals surface area contributed by atoms with Crippen molar-refractivity contribution in [2.75, 3.05) is 31.6 Å². The number of nitrogens with one attached hydrogen (secondary N) is 2. The molecule has 1 fully saturated rings. The van der Waals surface area contributed by atoms with Crippen LogP contribution in [0.5, 0.6) is 0 Å². The lowest BCUT2D eigenvalue weighted by atomic mass is 10.1. The molecule has 0 saturated carbocycles. The minimum absolute atomic E-state index is 0.192. The van der Waals surface area contributed by atoms with Crippen LogP contribution in [0.2, 0.25) is 0 Å². The zero-order valence-electron chi connectivity index (χ0n) is 16.8. The number of hydrogen-bond donors (Lipinski definition) is 2. The van der Waals surface area contributed by atoms with Crippen molar-refractivity contribution in [3.8, 4) is 11.3 Å². The van der Waals surface area contributed by atoms with Gasteiger partial charge < -0.3 is 15.0 Å². The highest BCUT2D eigenvalue weighted by Gasteiger charge is 2.28. The third kappa shape index (κ3) is 3.75. The van der Waals surface area contributed by atoms with E-state index >= 15 is 0 Å². The number of aromatic amines is 1. The predicted octanol–water partition coefficient (Wildman–Crippen LogP) is 1.24. The molecule has 0 spiro atoms. The van der Waals surface area contributed by atoms with Gasteiger partial charge in [-0.05, 0) is 18.2 Å². The second-order valence-corrected chi connectivity index (χ2v) is 8.92. The Hall–Kier alpha value is -3.61. The van der Waals surface area contributed by atoms with E-state index in [2.05, 4.69) is 25.3 Å². The van der Waals surface area contributed by atoms with Gasteiger partial charge >= 0.3 is 0 Å². The number of H-pyrrole nitrogens is 1. The molecule has 0 bridgehead atoms. The average Bonchev–Trinajstić information content (AvgIpc) is 3.31. The number of hydrogen-bond acceptors (Lipinski definition) is 8. The first-order chi connectivity index (χ1) is 15.5. The molecule has 5 heterocycles. The number of anilines is 2. The lowest BCUT2D eigenvalue weighted by Crippen LogP contribution is -2.41. The minimum atomic E-state index is -3.76. The minimum Gasteiger partial charge on any atom is -0.379 e. The molecule has 0 aromatic carbocycles. The first-order valence-corrected chi connectivity index (χ1v) is 11.3. The quantitative estimate of drug-likeness (QED) is 0.431. The smallest absolute Gasteiger partial charge is 0.278 e. The molecule has 0 atom stereocenters. The van der Waals surface area contributed by atoms with Crippen molar-refractivity contribution in [2.24, 2.45) is 0 Å².